The molecule has 0 amide bonds. The lowest BCUT2D eigenvalue weighted by Gasteiger charge is -2.31. The molecule has 0 bridgehead atoms. The van der Waals surface area contributed by atoms with E-state index >= 15 is 0 Å². The molecule has 0 N–H and O–H groups in total. The number of imidazole rings is 1. The molecule has 0 radical (unpaired) electrons. The van der Waals surface area contributed by atoms with Crippen LogP contribution in [0.4, 0.5) is 0 Å². The van der Waals surface area contributed by atoms with E-state index in [1.165, 1.54) is 11.1 Å². The van der Waals surface area contributed by atoms with E-state index in [1.54, 1.807) is 0 Å². The van der Waals surface area contributed by atoms with Gasteiger partial charge in [0.05, 0.1) is 11.0 Å². The molecule has 1 heterocycles. The van der Waals surface area contributed by atoms with Crippen LogP contribution in [0.5, 0.6) is 0 Å². The Labute approximate surface area is 137 Å². The Morgan fingerprint density at radius 3 is 2.57 bits per heavy atom. The summed E-state index contributed by atoms with van der Waals surface area (Å²) >= 11 is 7.95. The molecule has 0 aliphatic carbocycles. The van der Waals surface area contributed by atoms with E-state index in [4.69, 9.17) is 16.6 Å². The zero-order valence-corrected chi connectivity index (χ0v) is 15.0. The molecule has 0 aliphatic heterocycles. The van der Waals surface area contributed by atoms with Crippen molar-refractivity contribution in [1.82, 2.24) is 9.55 Å². The van der Waals surface area contributed by atoms with Crippen LogP contribution in [-0.2, 0) is 13.0 Å². The molecule has 0 spiro atoms. The Kier molecular flexibility index (Phi) is 5.61. The van der Waals surface area contributed by atoms with E-state index in [0.29, 0.717) is 5.88 Å². The quantitative estimate of drug-likeness (QED) is 0.663. The molecule has 0 saturated heterocycles. The van der Waals surface area contributed by atoms with Gasteiger partial charge in [-0.3, -0.25) is 0 Å². The highest BCUT2D eigenvalue weighted by atomic mass is 35.5. The maximum absolute atomic E-state index is 5.98. The van der Waals surface area contributed by atoms with Gasteiger partial charge in [0.1, 0.15) is 5.82 Å². The van der Waals surface area contributed by atoms with Crippen molar-refractivity contribution in [2.75, 3.05) is 12.1 Å². The third-order valence-electron chi connectivity index (χ3n) is 4.47. The fourth-order valence-electron chi connectivity index (χ4n) is 2.85. The molecule has 4 heteroatoms. The van der Waals surface area contributed by atoms with E-state index in [-0.39, 0.29) is 4.75 Å². The fourth-order valence-corrected chi connectivity index (χ4v) is 3.85. The molecule has 1 aromatic carbocycles. The van der Waals surface area contributed by atoms with Gasteiger partial charge < -0.3 is 4.57 Å². The Bertz CT molecular complexity index is 594. The molecule has 21 heavy (non-hydrogen) atoms. The number of nitrogens with zero attached hydrogens (tertiary/aromatic N) is 2. The summed E-state index contributed by atoms with van der Waals surface area (Å²) in [5.41, 5.74) is 3.61. The van der Waals surface area contributed by atoms with Gasteiger partial charge in [-0.2, -0.15) is 11.8 Å². The van der Waals surface area contributed by atoms with Gasteiger partial charge >= 0.3 is 0 Å². The molecule has 1 aromatic heterocycles. The minimum Gasteiger partial charge on any atom is -0.327 e. The average molecular weight is 325 g/mol. The number of hydrogen-bond donors (Lipinski definition) is 0. The van der Waals surface area contributed by atoms with Gasteiger partial charge in [0, 0.05) is 23.6 Å². The van der Waals surface area contributed by atoms with Crippen molar-refractivity contribution in [1.29, 1.82) is 0 Å². The van der Waals surface area contributed by atoms with E-state index < -0.39 is 0 Å². The van der Waals surface area contributed by atoms with Gasteiger partial charge in [-0.15, -0.1) is 11.6 Å². The predicted molar refractivity (Wildman–Crippen MR) is 95.7 cm³/mol. The van der Waals surface area contributed by atoms with Crippen molar-refractivity contribution in [3.8, 4) is 0 Å². The first-order valence-electron chi connectivity index (χ1n) is 7.66. The highest BCUT2D eigenvalue weighted by Crippen LogP contribution is 2.34. The van der Waals surface area contributed by atoms with Crippen molar-refractivity contribution in [2.45, 2.75) is 51.3 Å². The predicted octanol–water partition coefficient (Wildman–Crippen LogP) is 5.05. The van der Waals surface area contributed by atoms with Gasteiger partial charge in [0.25, 0.3) is 0 Å². The second-order valence-corrected chi connectivity index (χ2v) is 7.29. The summed E-state index contributed by atoms with van der Waals surface area (Å²) in [6.07, 6.45) is 5.37. The van der Waals surface area contributed by atoms with Crippen LogP contribution >= 0.6 is 23.4 Å². The Morgan fingerprint density at radius 1 is 1.29 bits per heavy atom. The Hall–Kier alpha value is -0.670. The number of rotatable bonds is 7. The number of thioether (sulfide) groups is 1. The molecule has 0 saturated carbocycles. The topological polar surface area (TPSA) is 17.8 Å². The number of aromatic nitrogens is 2. The summed E-state index contributed by atoms with van der Waals surface area (Å²) in [7, 11) is 0. The zero-order chi connectivity index (χ0) is 15.5. The van der Waals surface area contributed by atoms with Crippen LogP contribution < -0.4 is 0 Å². The number of benzene rings is 1. The number of fused-ring (bicyclic) bond motifs is 1. The van der Waals surface area contributed by atoms with E-state index in [0.717, 1.165) is 37.1 Å². The number of aryl methyl sites for hydroxylation is 2. The maximum atomic E-state index is 5.98. The SMILES string of the molecule is CCC(CC)(Cn1c(CCCl)nc2ccc(C)cc21)SC. The third-order valence-corrected chi connectivity index (χ3v) is 6.23. The summed E-state index contributed by atoms with van der Waals surface area (Å²) in [4.78, 5) is 4.80. The Balaban J connectivity index is 2.53. The summed E-state index contributed by atoms with van der Waals surface area (Å²) in [5, 5.41) is 0. The molecule has 2 nitrogen and oxygen atoms in total. The van der Waals surface area contributed by atoms with Crippen LogP contribution in [0.1, 0.15) is 38.1 Å². The van der Waals surface area contributed by atoms with Crippen LogP contribution in [0, 0.1) is 6.92 Å². The zero-order valence-electron chi connectivity index (χ0n) is 13.4. The third kappa shape index (κ3) is 3.40. The smallest absolute Gasteiger partial charge is 0.111 e. The van der Waals surface area contributed by atoms with Crippen LogP contribution in [0.25, 0.3) is 11.0 Å². The average Bonchev–Trinajstić information content (AvgIpc) is 2.82. The standard InChI is InChI=1S/C17H25ClN2S/c1-5-17(6-2,21-4)12-20-15-11-13(3)7-8-14(15)19-16(20)9-10-18/h7-8,11H,5-6,9-10,12H2,1-4H3. The van der Waals surface area contributed by atoms with E-state index in [2.05, 4.69) is 49.8 Å². The highest BCUT2D eigenvalue weighted by Gasteiger charge is 2.27. The summed E-state index contributed by atoms with van der Waals surface area (Å²) in [6, 6.07) is 6.50. The molecule has 0 atom stereocenters. The second kappa shape index (κ2) is 7.06. The summed E-state index contributed by atoms with van der Waals surface area (Å²) < 4.78 is 2.67. The van der Waals surface area contributed by atoms with Crippen LogP contribution in [0.2, 0.25) is 0 Å². The largest absolute Gasteiger partial charge is 0.327 e. The molecule has 2 aromatic rings. The normalized spacial score (nSPS) is 12.2. The number of alkyl halides is 1. The minimum absolute atomic E-state index is 0.276. The Morgan fingerprint density at radius 2 is 2.00 bits per heavy atom. The van der Waals surface area contributed by atoms with E-state index in [9.17, 15) is 0 Å². The van der Waals surface area contributed by atoms with Gasteiger partial charge in [-0.25, -0.2) is 4.98 Å². The second-order valence-electron chi connectivity index (χ2n) is 5.64. The van der Waals surface area contributed by atoms with Gasteiger partial charge in [0.15, 0.2) is 0 Å². The van der Waals surface area contributed by atoms with Crippen molar-refractivity contribution in [2.24, 2.45) is 0 Å². The van der Waals surface area contributed by atoms with Crippen LogP contribution in [-0.4, -0.2) is 26.4 Å². The first-order valence-corrected chi connectivity index (χ1v) is 9.42. The van der Waals surface area contributed by atoms with Crippen LogP contribution in [0.15, 0.2) is 18.2 Å². The molecule has 0 fully saturated rings. The fraction of sp³-hybridized carbons (Fsp3) is 0.588. The molecule has 0 aliphatic rings. The molecule has 116 valence electrons. The number of halogens is 1. The van der Waals surface area contributed by atoms with Crippen LogP contribution in [0.3, 0.4) is 0 Å². The lowest BCUT2D eigenvalue weighted by molar-refractivity contribution is 0.464. The lowest BCUT2D eigenvalue weighted by Crippen LogP contribution is -2.29. The highest BCUT2D eigenvalue weighted by molar-refractivity contribution is 8.00. The number of hydrogen-bond acceptors (Lipinski definition) is 2. The summed E-state index contributed by atoms with van der Waals surface area (Å²) in [5.74, 6) is 1.73. The monoisotopic (exact) mass is 324 g/mol. The van der Waals surface area contributed by atoms with E-state index in [1.807, 2.05) is 11.8 Å². The molecule has 0 unspecified atom stereocenters. The molecule has 2 rings (SSSR count). The van der Waals surface area contributed by atoms with Crippen molar-refractivity contribution in [3.05, 3.63) is 29.6 Å². The van der Waals surface area contributed by atoms with Gasteiger partial charge in [0.2, 0.25) is 0 Å². The maximum Gasteiger partial charge on any atom is 0.111 e. The van der Waals surface area contributed by atoms with Crippen molar-refractivity contribution in [3.63, 3.8) is 0 Å². The summed E-state index contributed by atoms with van der Waals surface area (Å²) in [6.45, 7) is 7.71. The first kappa shape index (κ1) is 16.7. The minimum atomic E-state index is 0.276. The van der Waals surface area contributed by atoms with Gasteiger partial charge in [-0.05, 0) is 43.7 Å². The van der Waals surface area contributed by atoms with Gasteiger partial charge in [-0.1, -0.05) is 19.9 Å². The van der Waals surface area contributed by atoms with Crippen molar-refractivity contribution >= 4 is 34.4 Å². The lowest BCUT2D eigenvalue weighted by atomic mass is 10.0. The van der Waals surface area contributed by atoms with Crippen molar-refractivity contribution < 1.29 is 0 Å². The molecular formula is C17H25ClN2S. The first-order chi connectivity index (χ1) is 10.1. The molecular weight excluding hydrogens is 300 g/mol.